The van der Waals surface area contributed by atoms with Crippen molar-refractivity contribution in [2.45, 2.75) is 44.9 Å². The number of Topliss-reactive ketones (excluding diaryl/α,β-unsaturated/α-hetero) is 1. The summed E-state index contributed by atoms with van der Waals surface area (Å²) in [4.78, 5) is 19.0. The molecule has 0 bridgehead atoms. The predicted octanol–water partition coefficient (Wildman–Crippen LogP) is 0.878. The van der Waals surface area contributed by atoms with Crippen LogP contribution in [0, 0.1) is 0 Å². The van der Waals surface area contributed by atoms with Crippen LogP contribution in [0.15, 0.2) is 12.4 Å². The minimum Gasteiger partial charge on any atom is -0.367 e. The first kappa shape index (κ1) is 12.8. The first-order valence-electron chi connectivity index (χ1n) is 7.16. The molecule has 1 aromatic heterocycles. The highest BCUT2D eigenvalue weighted by Gasteiger charge is 2.35. The summed E-state index contributed by atoms with van der Waals surface area (Å²) in [7, 11) is 0. The van der Waals surface area contributed by atoms with Crippen LogP contribution in [-0.4, -0.2) is 52.1 Å². The average molecular weight is 263 g/mol. The first-order valence-corrected chi connectivity index (χ1v) is 7.16. The number of hydrogen-bond acceptors (Lipinski definition) is 4. The molecule has 2 atom stereocenters. The van der Waals surface area contributed by atoms with Crippen molar-refractivity contribution in [3.05, 3.63) is 18.2 Å². The van der Waals surface area contributed by atoms with Gasteiger partial charge in [0.15, 0.2) is 5.78 Å². The molecule has 104 valence electrons. The van der Waals surface area contributed by atoms with Crippen molar-refractivity contribution in [2.75, 3.05) is 19.7 Å². The van der Waals surface area contributed by atoms with E-state index in [4.69, 9.17) is 4.74 Å². The van der Waals surface area contributed by atoms with E-state index in [2.05, 4.69) is 16.8 Å². The maximum atomic E-state index is 12.3. The zero-order valence-electron chi connectivity index (χ0n) is 11.4. The number of aromatic nitrogens is 2. The summed E-state index contributed by atoms with van der Waals surface area (Å²) in [6.45, 7) is 5.49. The summed E-state index contributed by atoms with van der Waals surface area (Å²) in [6.07, 6.45) is 6.22. The molecule has 2 aliphatic rings. The monoisotopic (exact) mass is 263 g/mol. The third-order valence-corrected chi connectivity index (χ3v) is 4.22. The average Bonchev–Trinajstić information content (AvgIpc) is 3.05. The summed E-state index contributed by atoms with van der Waals surface area (Å²) in [5.74, 6) is 1.01. The maximum absolute atomic E-state index is 12.3. The lowest BCUT2D eigenvalue weighted by molar-refractivity contribution is -0.137. The summed E-state index contributed by atoms with van der Waals surface area (Å²) >= 11 is 0. The van der Waals surface area contributed by atoms with Crippen LogP contribution in [0.2, 0.25) is 0 Å². The Bertz CT molecular complexity index is 457. The molecule has 2 saturated heterocycles. The van der Waals surface area contributed by atoms with Crippen molar-refractivity contribution < 1.29 is 9.53 Å². The van der Waals surface area contributed by atoms with Crippen molar-refractivity contribution in [2.24, 2.45) is 0 Å². The zero-order chi connectivity index (χ0) is 13.2. The number of hydrogen-bond donors (Lipinski definition) is 0. The standard InChI is InChI=1S/C14H21N3O2/c1-2-16-7-5-15-14(16)8-12(18)13-9-17-6-3-4-11(17)10-19-13/h5,7,11,13H,2-4,6,8-10H2,1H3. The molecule has 0 saturated carbocycles. The van der Waals surface area contributed by atoms with Gasteiger partial charge >= 0.3 is 0 Å². The quantitative estimate of drug-likeness (QED) is 0.809. The van der Waals surface area contributed by atoms with Gasteiger partial charge in [0.05, 0.1) is 13.0 Å². The fourth-order valence-corrected chi connectivity index (χ4v) is 3.08. The zero-order valence-corrected chi connectivity index (χ0v) is 11.4. The van der Waals surface area contributed by atoms with E-state index in [1.54, 1.807) is 6.20 Å². The molecule has 0 aliphatic carbocycles. The maximum Gasteiger partial charge on any atom is 0.170 e. The smallest absolute Gasteiger partial charge is 0.170 e. The number of rotatable bonds is 4. The Morgan fingerprint density at radius 3 is 3.32 bits per heavy atom. The van der Waals surface area contributed by atoms with Crippen LogP contribution in [-0.2, 0) is 22.5 Å². The molecule has 0 N–H and O–H groups in total. The highest BCUT2D eigenvalue weighted by atomic mass is 16.5. The lowest BCUT2D eigenvalue weighted by Crippen LogP contribution is -2.49. The molecule has 2 aliphatic heterocycles. The number of nitrogens with zero attached hydrogens (tertiary/aromatic N) is 3. The van der Waals surface area contributed by atoms with Gasteiger partial charge in [0.1, 0.15) is 11.9 Å². The van der Waals surface area contributed by atoms with Gasteiger partial charge in [-0.1, -0.05) is 0 Å². The van der Waals surface area contributed by atoms with E-state index in [0.717, 1.165) is 25.5 Å². The van der Waals surface area contributed by atoms with Gasteiger partial charge < -0.3 is 9.30 Å². The molecule has 19 heavy (non-hydrogen) atoms. The normalized spacial score (nSPS) is 27.4. The minimum absolute atomic E-state index is 0.159. The highest BCUT2D eigenvalue weighted by Crippen LogP contribution is 2.23. The van der Waals surface area contributed by atoms with E-state index in [-0.39, 0.29) is 11.9 Å². The Labute approximate surface area is 113 Å². The summed E-state index contributed by atoms with van der Waals surface area (Å²) < 4.78 is 7.76. The molecule has 0 radical (unpaired) electrons. The van der Waals surface area contributed by atoms with Crippen molar-refractivity contribution in [3.63, 3.8) is 0 Å². The van der Waals surface area contributed by atoms with Crippen LogP contribution in [0.4, 0.5) is 0 Å². The van der Waals surface area contributed by atoms with Gasteiger partial charge in [0.2, 0.25) is 0 Å². The molecule has 3 rings (SSSR count). The summed E-state index contributed by atoms with van der Waals surface area (Å²) in [5.41, 5.74) is 0. The number of imidazole rings is 1. The Morgan fingerprint density at radius 2 is 2.47 bits per heavy atom. The number of morpholine rings is 1. The molecule has 0 amide bonds. The number of fused-ring (bicyclic) bond motifs is 1. The molecule has 5 nitrogen and oxygen atoms in total. The molecule has 0 aromatic carbocycles. The van der Waals surface area contributed by atoms with Gasteiger partial charge in [-0.2, -0.15) is 0 Å². The van der Waals surface area contributed by atoms with E-state index in [0.29, 0.717) is 19.1 Å². The van der Waals surface area contributed by atoms with E-state index in [1.807, 2.05) is 10.8 Å². The second-order valence-electron chi connectivity index (χ2n) is 5.39. The van der Waals surface area contributed by atoms with E-state index in [9.17, 15) is 4.79 Å². The van der Waals surface area contributed by atoms with Crippen molar-refractivity contribution in [1.29, 1.82) is 0 Å². The van der Waals surface area contributed by atoms with Gasteiger partial charge in [-0.3, -0.25) is 9.69 Å². The lowest BCUT2D eigenvalue weighted by Gasteiger charge is -2.34. The van der Waals surface area contributed by atoms with Crippen LogP contribution in [0.1, 0.15) is 25.6 Å². The molecule has 2 unspecified atom stereocenters. The largest absolute Gasteiger partial charge is 0.367 e. The number of carbonyl (C=O) groups is 1. The molecule has 5 heteroatoms. The Kier molecular flexibility index (Phi) is 3.66. The Balaban J connectivity index is 1.61. The fraction of sp³-hybridized carbons (Fsp3) is 0.714. The Morgan fingerprint density at radius 1 is 1.58 bits per heavy atom. The minimum atomic E-state index is -0.267. The SMILES string of the molecule is CCn1ccnc1CC(=O)C1CN2CCCC2CO1. The molecule has 3 heterocycles. The number of carbonyl (C=O) groups excluding carboxylic acids is 1. The van der Waals surface area contributed by atoms with Crippen LogP contribution >= 0.6 is 0 Å². The van der Waals surface area contributed by atoms with E-state index in [1.165, 1.54) is 12.8 Å². The fourth-order valence-electron chi connectivity index (χ4n) is 3.08. The highest BCUT2D eigenvalue weighted by molar-refractivity contribution is 5.85. The van der Waals surface area contributed by atoms with Crippen molar-refractivity contribution in [1.82, 2.24) is 14.5 Å². The first-order chi connectivity index (χ1) is 9.28. The molecular weight excluding hydrogens is 242 g/mol. The van der Waals surface area contributed by atoms with Gasteiger partial charge in [-0.15, -0.1) is 0 Å². The Hall–Kier alpha value is -1.20. The number of aryl methyl sites for hydroxylation is 1. The van der Waals surface area contributed by atoms with E-state index < -0.39 is 0 Å². The molecule has 0 spiro atoms. The molecule has 2 fully saturated rings. The van der Waals surface area contributed by atoms with E-state index >= 15 is 0 Å². The summed E-state index contributed by atoms with van der Waals surface area (Å²) in [6, 6.07) is 0.543. The number of ether oxygens (including phenoxy) is 1. The van der Waals surface area contributed by atoms with Crippen LogP contribution in [0.25, 0.3) is 0 Å². The van der Waals surface area contributed by atoms with Crippen molar-refractivity contribution in [3.8, 4) is 0 Å². The lowest BCUT2D eigenvalue weighted by atomic mass is 10.1. The van der Waals surface area contributed by atoms with Gasteiger partial charge in [-0.25, -0.2) is 4.98 Å². The predicted molar refractivity (Wildman–Crippen MR) is 70.9 cm³/mol. The van der Waals surface area contributed by atoms with Gasteiger partial charge in [-0.05, 0) is 26.3 Å². The van der Waals surface area contributed by atoms with Crippen molar-refractivity contribution >= 4 is 5.78 Å². The van der Waals surface area contributed by atoms with Crippen LogP contribution < -0.4 is 0 Å². The molecule has 1 aromatic rings. The van der Waals surface area contributed by atoms with Gasteiger partial charge in [0.25, 0.3) is 0 Å². The van der Waals surface area contributed by atoms with Crippen LogP contribution in [0.3, 0.4) is 0 Å². The topological polar surface area (TPSA) is 47.4 Å². The summed E-state index contributed by atoms with van der Waals surface area (Å²) in [5, 5.41) is 0. The number of ketones is 1. The molecular formula is C14H21N3O2. The van der Waals surface area contributed by atoms with Crippen LogP contribution in [0.5, 0.6) is 0 Å². The third-order valence-electron chi connectivity index (χ3n) is 4.22. The third kappa shape index (κ3) is 2.58. The second kappa shape index (κ2) is 5.43. The second-order valence-corrected chi connectivity index (χ2v) is 5.39. The van der Waals surface area contributed by atoms with Gasteiger partial charge in [0, 0.05) is 31.5 Å².